The Morgan fingerprint density at radius 1 is 1.30 bits per heavy atom. The molecule has 0 spiro atoms. The maximum Gasteiger partial charge on any atom is 0.407 e. The number of ether oxygens (including phenoxy) is 1. The molecule has 0 aliphatic carbocycles. The normalized spacial score (nSPS) is 11.6. The lowest BCUT2D eigenvalue weighted by Crippen LogP contribution is -2.33. The molecule has 1 aromatic carbocycles. The summed E-state index contributed by atoms with van der Waals surface area (Å²) in [4.78, 5) is 11.6. The van der Waals surface area contributed by atoms with Crippen LogP contribution in [0.1, 0.15) is 31.9 Å². The molecule has 0 saturated carbocycles. The molecule has 3 nitrogen and oxygen atoms in total. The van der Waals surface area contributed by atoms with Gasteiger partial charge in [0.15, 0.2) is 0 Å². The van der Waals surface area contributed by atoms with E-state index in [2.05, 4.69) is 35.8 Å². The maximum atomic E-state index is 11.6. The minimum absolute atomic E-state index is 0.355. The number of amides is 1. The predicted octanol–water partition coefficient (Wildman–Crippen LogP) is 4.28. The van der Waals surface area contributed by atoms with Crippen molar-refractivity contribution in [1.29, 1.82) is 0 Å². The molecule has 2 aromatic rings. The molecule has 0 bridgehead atoms. The summed E-state index contributed by atoms with van der Waals surface area (Å²) in [6.45, 7) is 8.31. The van der Waals surface area contributed by atoms with Crippen LogP contribution in [0.3, 0.4) is 0 Å². The SMILES string of the molecule is Cc1c(CCNC(=O)OC(C)(C)C)ccc2sccc12. The van der Waals surface area contributed by atoms with Crippen LogP contribution in [-0.2, 0) is 11.2 Å². The molecule has 0 unspecified atom stereocenters. The summed E-state index contributed by atoms with van der Waals surface area (Å²) >= 11 is 1.76. The Kier molecular flexibility index (Phi) is 4.33. The van der Waals surface area contributed by atoms with Crippen molar-refractivity contribution in [3.05, 3.63) is 34.7 Å². The number of fused-ring (bicyclic) bond motifs is 1. The monoisotopic (exact) mass is 291 g/mol. The van der Waals surface area contributed by atoms with Crippen LogP contribution in [0.15, 0.2) is 23.6 Å². The van der Waals surface area contributed by atoms with Gasteiger partial charge < -0.3 is 10.1 Å². The highest BCUT2D eigenvalue weighted by atomic mass is 32.1. The molecule has 0 aliphatic heterocycles. The van der Waals surface area contributed by atoms with Gasteiger partial charge in [0, 0.05) is 11.2 Å². The van der Waals surface area contributed by atoms with Gasteiger partial charge in [-0.1, -0.05) is 6.07 Å². The van der Waals surface area contributed by atoms with E-state index >= 15 is 0 Å². The first-order chi connectivity index (χ1) is 9.37. The fraction of sp³-hybridized carbons (Fsp3) is 0.438. The van der Waals surface area contributed by atoms with Crippen molar-refractivity contribution in [2.45, 2.75) is 39.7 Å². The number of rotatable bonds is 3. The Morgan fingerprint density at radius 2 is 2.05 bits per heavy atom. The number of benzene rings is 1. The summed E-state index contributed by atoms with van der Waals surface area (Å²) in [6.07, 6.45) is 0.461. The van der Waals surface area contributed by atoms with Crippen LogP contribution in [0.5, 0.6) is 0 Å². The summed E-state index contributed by atoms with van der Waals surface area (Å²) in [7, 11) is 0. The van der Waals surface area contributed by atoms with Gasteiger partial charge in [0.2, 0.25) is 0 Å². The largest absolute Gasteiger partial charge is 0.444 e. The molecule has 4 heteroatoms. The topological polar surface area (TPSA) is 38.3 Å². The van der Waals surface area contributed by atoms with E-state index in [0.29, 0.717) is 6.54 Å². The first kappa shape index (κ1) is 14.9. The molecule has 0 radical (unpaired) electrons. The van der Waals surface area contributed by atoms with Crippen molar-refractivity contribution in [1.82, 2.24) is 5.32 Å². The van der Waals surface area contributed by atoms with Crippen molar-refractivity contribution >= 4 is 27.5 Å². The molecule has 20 heavy (non-hydrogen) atoms. The van der Waals surface area contributed by atoms with Crippen LogP contribution in [0.2, 0.25) is 0 Å². The molecule has 1 amide bonds. The van der Waals surface area contributed by atoms with Crippen molar-refractivity contribution in [2.24, 2.45) is 0 Å². The van der Waals surface area contributed by atoms with E-state index < -0.39 is 5.60 Å². The molecule has 1 N–H and O–H groups in total. The second-order valence-electron chi connectivity index (χ2n) is 5.86. The van der Waals surface area contributed by atoms with Gasteiger partial charge in [-0.3, -0.25) is 0 Å². The van der Waals surface area contributed by atoms with Gasteiger partial charge in [-0.15, -0.1) is 11.3 Å². The Labute approximate surface area is 123 Å². The fourth-order valence-electron chi connectivity index (χ4n) is 2.12. The van der Waals surface area contributed by atoms with Gasteiger partial charge >= 0.3 is 6.09 Å². The molecule has 2 rings (SSSR count). The van der Waals surface area contributed by atoms with Crippen LogP contribution in [0, 0.1) is 6.92 Å². The van der Waals surface area contributed by atoms with E-state index in [-0.39, 0.29) is 6.09 Å². The third kappa shape index (κ3) is 3.73. The molecule has 1 aromatic heterocycles. The molecule has 0 atom stereocenters. The van der Waals surface area contributed by atoms with Gasteiger partial charge in [-0.2, -0.15) is 0 Å². The Morgan fingerprint density at radius 3 is 2.75 bits per heavy atom. The van der Waals surface area contributed by atoms with Gasteiger partial charge in [0.25, 0.3) is 0 Å². The Hall–Kier alpha value is -1.55. The highest BCUT2D eigenvalue weighted by Crippen LogP contribution is 2.26. The number of carbonyl (C=O) groups excluding carboxylic acids is 1. The molecule has 0 aliphatic rings. The Bertz CT molecular complexity index is 610. The average Bonchev–Trinajstić information content (AvgIpc) is 2.78. The molecular formula is C16H21NO2S. The van der Waals surface area contributed by atoms with Gasteiger partial charge in [0.05, 0.1) is 0 Å². The highest BCUT2D eigenvalue weighted by Gasteiger charge is 2.15. The average molecular weight is 291 g/mol. The fourth-order valence-corrected chi connectivity index (χ4v) is 2.96. The third-order valence-corrected chi connectivity index (χ3v) is 3.96. The summed E-state index contributed by atoms with van der Waals surface area (Å²) in [5.74, 6) is 0. The molecular weight excluding hydrogens is 270 g/mol. The minimum atomic E-state index is -0.449. The minimum Gasteiger partial charge on any atom is -0.444 e. The van der Waals surface area contributed by atoms with E-state index in [1.165, 1.54) is 21.2 Å². The number of carbonyl (C=O) groups is 1. The number of hydrogen-bond acceptors (Lipinski definition) is 3. The number of nitrogens with one attached hydrogen (secondary N) is 1. The van der Waals surface area contributed by atoms with Crippen molar-refractivity contribution < 1.29 is 9.53 Å². The lowest BCUT2D eigenvalue weighted by molar-refractivity contribution is 0.0528. The van der Waals surface area contributed by atoms with E-state index in [4.69, 9.17) is 4.74 Å². The first-order valence-corrected chi connectivity index (χ1v) is 7.67. The van der Waals surface area contributed by atoms with E-state index in [1.54, 1.807) is 11.3 Å². The lowest BCUT2D eigenvalue weighted by atomic mass is 10.0. The quantitative estimate of drug-likeness (QED) is 0.916. The maximum absolute atomic E-state index is 11.6. The van der Waals surface area contributed by atoms with E-state index in [1.807, 2.05) is 20.8 Å². The second-order valence-corrected chi connectivity index (χ2v) is 6.81. The standard InChI is InChI=1S/C16H21NO2S/c1-11-12(5-6-14-13(11)8-10-20-14)7-9-17-15(18)19-16(2,3)4/h5-6,8,10H,7,9H2,1-4H3,(H,17,18). The van der Waals surface area contributed by atoms with E-state index in [0.717, 1.165) is 6.42 Å². The van der Waals surface area contributed by atoms with Crippen LogP contribution >= 0.6 is 11.3 Å². The number of thiophene rings is 1. The Balaban J connectivity index is 1.93. The number of alkyl carbamates (subject to hydrolysis) is 1. The molecule has 0 saturated heterocycles. The predicted molar refractivity (Wildman–Crippen MR) is 84.5 cm³/mol. The number of hydrogen-bond donors (Lipinski definition) is 1. The van der Waals surface area contributed by atoms with Crippen LogP contribution < -0.4 is 5.32 Å². The van der Waals surface area contributed by atoms with E-state index in [9.17, 15) is 4.79 Å². The lowest BCUT2D eigenvalue weighted by Gasteiger charge is -2.19. The number of aryl methyl sites for hydroxylation is 1. The smallest absolute Gasteiger partial charge is 0.407 e. The summed E-state index contributed by atoms with van der Waals surface area (Å²) in [5, 5.41) is 6.22. The van der Waals surface area contributed by atoms with Crippen LogP contribution in [0.4, 0.5) is 4.79 Å². The molecule has 0 fully saturated rings. The molecule has 108 valence electrons. The highest BCUT2D eigenvalue weighted by molar-refractivity contribution is 7.17. The summed E-state index contributed by atoms with van der Waals surface area (Å²) < 4.78 is 6.53. The molecule has 1 heterocycles. The zero-order valence-electron chi connectivity index (χ0n) is 12.4. The van der Waals surface area contributed by atoms with Gasteiger partial charge in [-0.25, -0.2) is 4.79 Å². The van der Waals surface area contributed by atoms with Crippen molar-refractivity contribution in [3.63, 3.8) is 0 Å². The van der Waals surface area contributed by atoms with Gasteiger partial charge in [-0.05, 0) is 68.1 Å². The second kappa shape index (κ2) is 5.83. The zero-order chi connectivity index (χ0) is 14.8. The van der Waals surface area contributed by atoms with Crippen molar-refractivity contribution in [2.75, 3.05) is 6.54 Å². The van der Waals surface area contributed by atoms with Crippen LogP contribution in [-0.4, -0.2) is 18.2 Å². The first-order valence-electron chi connectivity index (χ1n) is 6.79. The summed E-state index contributed by atoms with van der Waals surface area (Å²) in [6, 6.07) is 6.45. The zero-order valence-corrected chi connectivity index (χ0v) is 13.3. The third-order valence-electron chi connectivity index (χ3n) is 3.08. The van der Waals surface area contributed by atoms with Crippen LogP contribution in [0.25, 0.3) is 10.1 Å². The van der Waals surface area contributed by atoms with Crippen molar-refractivity contribution in [3.8, 4) is 0 Å². The summed E-state index contributed by atoms with van der Waals surface area (Å²) in [5.41, 5.74) is 2.12. The van der Waals surface area contributed by atoms with Gasteiger partial charge in [0.1, 0.15) is 5.60 Å².